The lowest BCUT2D eigenvalue weighted by atomic mass is 10.0. The summed E-state index contributed by atoms with van der Waals surface area (Å²) in [4.78, 5) is 15.0. The van der Waals surface area contributed by atoms with Crippen LogP contribution in [0.2, 0.25) is 0 Å². The summed E-state index contributed by atoms with van der Waals surface area (Å²) in [7, 11) is 0. The predicted molar refractivity (Wildman–Crippen MR) is 55.6 cm³/mol. The van der Waals surface area contributed by atoms with Crippen LogP contribution in [0.25, 0.3) is 0 Å². The number of rotatable bonds is 3. The molecule has 15 heavy (non-hydrogen) atoms. The van der Waals surface area contributed by atoms with Crippen molar-refractivity contribution < 1.29 is 9.90 Å². The first-order chi connectivity index (χ1) is 7.18. The van der Waals surface area contributed by atoms with Crippen LogP contribution in [-0.2, 0) is 24.2 Å². The highest BCUT2D eigenvalue weighted by molar-refractivity contribution is 5.85. The standard InChI is InChI=1S/C11H14N2O2/c1-8(11(14)15)6-13-7-12-9-4-2-3-5-10(9)13/h7H,1-6H2,(H,14,15). The molecule has 1 aromatic rings. The van der Waals surface area contributed by atoms with Crippen molar-refractivity contribution in [2.45, 2.75) is 32.2 Å². The largest absolute Gasteiger partial charge is 0.478 e. The average Bonchev–Trinajstić information content (AvgIpc) is 2.62. The molecule has 80 valence electrons. The molecule has 1 heterocycles. The third-order valence-corrected chi connectivity index (χ3v) is 2.77. The molecule has 1 aliphatic carbocycles. The fraction of sp³-hybridized carbons (Fsp3) is 0.455. The fourth-order valence-corrected chi connectivity index (χ4v) is 1.94. The van der Waals surface area contributed by atoms with Gasteiger partial charge in [0, 0.05) is 11.3 Å². The van der Waals surface area contributed by atoms with E-state index in [2.05, 4.69) is 11.6 Å². The summed E-state index contributed by atoms with van der Waals surface area (Å²) in [6.07, 6.45) is 6.09. The van der Waals surface area contributed by atoms with Gasteiger partial charge < -0.3 is 9.67 Å². The van der Waals surface area contributed by atoms with Gasteiger partial charge in [-0.3, -0.25) is 0 Å². The molecule has 1 aliphatic rings. The molecule has 0 spiro atoms. The van der Waals surface area contributed by atoms with E-state index in [0.29, 0.717) is 6.54 Å². The first-order valence-corrected chi connectivity index (χ1v) is 5.12. The second kappa shape index (κ2) is 3.88. The van der Waals surface area contributed by atoms with Gasteiger partial charge in [0.2, 0.25) is 0 Å². The summed E-state index contributed by atoms with van der Waals surface area (Å²) in [5.41, 5.74) is 2.52. The Morgan fingerprint density at radius 3 is 3.00 bits per heavy atom. The van der Waals surface area contributed by atoms with Crippen molar-refractivity contribution in [3.05, 3.63) is 29.9 Å². The van der Waals surface area contributed by atoms with Gasteiger partial charge in [0.25, 0.3) is 0 Å². The number of aromatic nitrogens is 2. The van der Waals surface area contributed by atoms with Gasteiger partial charge in [-0.25, -0.2) is 9.78 Å². The maximum Gasteiger partial charge on any atom is 0.332 e. The second-order valence-corrected chi connectivity index (χ2v) is 3.88. The van der Waals surface area contributed by atoms with Crippen molar-refractivity contribution in [3.8, 4) is 0 Å². The second-order valence-electron chi connectivity index (χ2n) is 3.88. The Bertz CT molecular complexity index is 407. The smallest absolute Gasteiger partial charge is 0.332 e. The highest BCUT2D eigenvalue weighted by Crippen LogP contribution is 2.20. The van der Waals surface area contributed by atoms with E-state index in [-0.39, 0.29) is 5.57 Å². The van der Waals surface area contributed by atoms with Crippen molar-refractivity contribution >= 4 is 5.97 Å². The molecule has 0 aromatic carbocycles. The lowest BCUT2D eigenvalue weighted by molar-refractivity contribution is -0.132. The van der Waals surface area contributed by atoms with Gasteiger partial charge in [-0.1, -0.05) is 6.58 Å². The van der Waals surface area contributed by atoms with Crippen LogP contribution in [0.1, 0.15) is 24.2 Å². The number of fused-ring (bicyclic) bond motifs is 1. The molecule has 0 atom stereocenters. The van der Waals surface area contributed by atoms with Crippen LogP contribution in [-0.4, -0.2) is 20.6 Å². The molecular formula is C11H14N2O2. The molecule has 1 aromatic heterocycles. The molecular weight excluding hydrogens is 192 g/mol. The number of nitrogens with zero attached hydrogens (tertiary/aromatic N) is 2. The topological polar surface area (TPSA) is 55.1 Å². The van der Waals surface area contributed by atoms with E-state index < -0.39 is 5.97 Å². The van der Waals surface area contributed by atoms with Gasteiger partial charge >= 0.3 is 5.97 Å². The maximum absolute atomic E-state index is 10.7. The minimum atomic E-state index is -0.937. The Morgan fingerprint density at radius 2 is 2.27 bits per heavy atom. The zero-order valence-electron chi connectivity index (χ0n) is 8.57. The number of aliphatic carboxylic acids is 1. The van der Waals surface area contributed by atoms with Crippen molar-refractivity contribution in [2.75, 3.05) is 0 Å². The Hall–Kier alpha value is -1.58. The molecule has 0 bridgehead atoms. The molecule has 0 unspecified atom stereocenters. The van der Waals surface area contributed by atoms with Gasteiger partial charge in [-0.05, 0) is 25.7 Å². The summed E-state index contributed by atoms with van der Waals surface area (Å²) in [5.74, 6) is -0.937. The summed E-state index contributed by atoms with van der Waals surface area (Å²) in [5, 5.41) is 8.75. The number of aryl methyl sites for hydroxylation is 1. The van der Waals surface area contributed by atoms with Crippen LogP contribution in [0, 0.1) is 0 Å². The van der Waals surface area contributed by atoms with E-state index in [1.54, 1.807) is 6.33 Å². The van der Waals surface area contributed by atoms with Gasteiger partial charge in [0.15, 0.2) is 0 Å². The van der Waals surface area contributed by atoms with Crippen molar-refractivity contribution in [2.24, 2.45) is 0 Å². The first kappa shape index (κ1) is 9.96. The van der Waals surface area contributed by atoms with Crippen molar-refractivity contribution in [1.29, 1.82) is 0 Å². The molecule has 0 radical (unpaired) electrons. The van der Waals surface area contributed by atoms with Crippen LogP contribution in [0.15, 0.2) is 18.5 Å². The molecule has 2 rings (SSSR count). The monoisotopic (exact) mass is 206 g/mol. The Labute approximate surface area is 88.3 Å². The van der Waals surface area contributed by atoms with Gasteiger partial charge in [-0.2, -0.15) is 0 Å². The zero-order valence-corrected chi connectivity index (χ0v) is 8.57. The highest BCUT2D eigenvalue weighted by atomic mass is 16.4. The lowest BCUT2D eigenvalue weighted by Gasteiger charge is -2.13. The Kier molecular flexibility index (Phi) is 2.58. The quantitative estimate of drug-likeness (QED) is 0.760. The third-order valence-electron chi connectivity index (χ3n) is 2.77. The molecule has 1 N–H and O–H groups in total. The van der Waals surface area contributed by atoms with E-state index in [9.17, 15) is 4.79 Å². The number of imidazole rings is 1. The molecule has 4 heteroatoms. The summed E-state index contributed by atoms with van der Waals surface area (Å²) in [6, 6.07) is 0. The normalized spacial score (nSPS) is 14.7. The average molecular weight is 206 g/mol. The van der Waals surface area contributed by atoms with E-state index in [0.717, 1.165) is 25.0 Å². The van der Waals surface area contributed by atoms with Crippen LogP contribution in [0.5, 0.6) is 0 Å². The van der Waals surface area contributed by atoms with Crippen LogP contribution < -0.4 is 0 Å². The van der Waals surface area contributed by atoms with Gasteiger partial charge in [-0.15, -0.1) is 0 Å². The highest BCUT2D eigenvalue weighted by Gasteiger charge is 2.16. The van der Waals surface area contributed by atoms with Crippen molar-refractivity contribution in [1.82, 2.24) is 9.55 Å². The zero-order chi connectivity index (χ0) is 10.8. The predicted octanol–water partition coefficient (Wildman–Crippen LogP) is 1.40. The summed E-state index contributed by atoms with van der Waals surface area (Å²) in [6.45, 7) is 3.87. The van der Waals surface area contributed by atoms with E-state index in [1.807, 2.05) is 4.57 Å². The third kappa shape index (κ3) is 1.93. The number of hydrogen-bond acceptors (Lipinski definition) is 2. The number of carboxylic acid groups (broad SMARTS) is 1. The van der Waals surface area contributed by atoms with E-state index >= 15 is 0 Å². The van der Waals surface area contributed by atoms with Crippen molar-refractivity contribution in [3.63, 3.8) is 0 Å². The molecule has 0 aliphatic heterocycles. The number of carboxylic acids is 1. The minimum Gasteiger partial charge on any atom is -0.478 e. The molecule has 0 fully saturated rings. The summed E-state index contributed by atoms with van der Waals surface area (Å²) >= 11 is 0. The van der Waals surface area contributed by atoms with Crippen LogP contribution in [0.4, 0.5) is 0 Å². The van der Waals surface area contributed by atoms with Gasteiger partial charge in [0.05, 0.1) is 18.6 Å². The van der Waals surface area contributed by atoms with E-state index in [1.165, 1.54) is 12.1 Å². The fourth-order valence-electron chi connectivity index (χ4n) is 1.94. The molecule has 4 nitrogen and oxygen atoms in total. The number of hydrogen-bond donors (Lipinski definition) is 1. The van der Waals surface area contributed by atoms with Gasteiger partial charge in [0.1, 0.15) is 0 Å². The molecule has 0 saturated carbocycles. The van der Waals surface area contributed by atoms with Crippen LogP contribution in [0.3, 0.4) is 0 Å². The Balaban J connectivity index is 2.19. The minimum absolute atomic E-state index is 0.209. The number of carbonyl (C=O) groups is 1. The first-order valence-electron chi connectivity index (χ1n) is 5.12. The SMILES string of the molecule is C=C(Cn1cnc2c1CCCC2)C(=O)O. The lowest BCUT2D eigenvalue weighted by Crippen LogP contribution is -2.12. The van der Waals surface area contributed by atoms with Crippen LogP contribution >= 0.6 is 0 Å². The Morgan fingerprint density at radius 1 is 1.53 bits per heavy atom. The van der Waals surface area contributed by atoms with E-state index in [4.69, 9.17) is 5.11 Å². The molecule has 0 amide bonds. The summed E-state index contributed by atoms with van der Waals surface area (Å²) < 4.78 is 1.91. The molecule has 0 saturated heterocycles. The maximum atomic E-state index is 10.7.